The average molecular weight is 248 g/mol. The van der Waals surface area contributed by atoms with E-state index in [1.165, 1.54) is 0 Å². The third-order valence-corrected chi connectivity index (χ3v) is 2.81. The van der Waals surface area contributed by atoms with Gasteiger partial charge in [0.05, 0.1) is 5.69 Å². The van der Waals surface area contributed by atoms with Gasteiger partial charge in [0.2, 0.25) is 0 Å². The van der Waals surface area contributed by atoms with E-state index in [9.17, 15) is 4.79 Å². The second kappa shape index (κ2) is 4.18. The molecule has 0 saturated carbocycles. The SMILES string of the molecule is Cc1ccc(C)c(-c2[nH]c(=S)[nH]c2C(=O)O)c1. The molecule has 5 heteroatoms. The molecular weight excluding hydrogens is 236 g/mol. The molecule has 88 valence electrons. The van der Waals surface area contributed by atoms with Crippen LogP contribution in [0.3, 0.4) is 0 Å². The molecule has 3 N–H and O–H groups in total. The van der Waals surface area contributed by atoms with E-state index in [2.05, 4.69) is 9.97 Å². The van der Waals surface area contributed by atoms with Gasteiger partial charge in [-0.25, -0.2) is 4.79 Å². The molecule has 0 aliphatic rings. The van der Waals surface area contributed by atoms with E-state index in [-0.39, 0.29) is 5.69 Å². The minimum absolute atomic E-state index is 0.101. The summed E-state index contributed by atoms with van der Waals surface area (Å²) in [6, 6.07) is 5.89. The number of imidazole rings is 1. The summed E-state index contributed by atoms with van der Waals surface area (Å²) in [5, 5.41) is 9.10. The van der Waals surface area contributed by atoms with Gasteiger partial charge in [-0.1, -0.05) is 17.7 Å². The fourth-order valence-electron chi connectivity index (χ4n) is 1.75. The topological polar surface area (TPSA) is 68.9 Å². The highest BCUT2D eigenvalue weighted by Gasteiger charge is 2.16. The Bertz CT molecular complexity index is 640. The maximum absolute atomic E-state index is 11.1. The lowest BCUT2D eigenvalue weighted by Gasteiger charge is -2.06. The molecule has 0 unspecified atom stereocenters. The Labute approximate surface area is 103 Å². The third kappa shape index (κ3) is 2.14. The lowest BCUT2D eigenvalue weighted by molar-refractivity contribution is 0.0692. The lowest BCUT2D eigenvalue weighted by atomic mass is 10.0. The van der Waals surface area contributed by atoms with Crippen LogP contribution in [0.15, 0.2) is 18.2 Å². The molecule has 0 fully saturated rings. The van der Waals surface area contributed by atoms with E-state index < -0.39 is 5.97 Å². The first-order valence-corrected chi connectivity index (χ1v) is 5.53. The molecule has 0 bridgehead atoms. The van der Waals surface area contributed by atoms with Crippen molar-refractivity contribution in [1.82, 2.24) is 9.97 Å². The van der Waals surface area contributed by atoms with E-state index in [0.717, 1.165) is 16.7 Å². The zero-order chi connectivity index (χ0) is 12.6. The number of H-pyrrole nitrogens is 2. The summed E-state index contributed by atoms with van der Waals surface area (Å²) in [5.41, 5.74) is 3.56. The maximum atomic E-state index is 11.1. The number of aryl methyl sites for hydroxylation is 2. The monoisotopic (exact) mass is 248 g/mol. The van der Waals surface area contributed by atoms with Crippen LogP contribution in [0.2, 0.25) is 0 Å². The average Bonchev–Trinajstić information content (AvgIpc) is 2.64. The van der Waals surface area contributed by atoms with Gasteiger partial charge in [-0.3, -0.25) is 0 Å². The second-order valence-corrected chi connectivity index (χ2v) is 4.36. The van der Waals surface area contributed by atoms with E-state index in [1.807, 2.05) is 32.0 Å². The van der Waals surface area contributed by atoms with Crippen molar-refractivity contribution in [2.75, 3.05) is 0 Å². The van der Waals surface area contributed by atoms with E-state index in [1.54, 1.807) is 0 Å². The third-order valence-electron chi connectivity index (χ3n) is 2.60. The van der Waals surface area contributed by atoms with Crippen LogP contribution in [-0.4, -0.2) is 21.0 Å². The molecule has 1 aromatic heterocycles. The molecule has 0 amide bonds. The summed E-state index contributed by atoms with van der Waals surface area (Å²) in [7, 11) is 0. The van der Waals surface area contributed by atoms with Gasteiger partial charge >= 0.3 is 5.97 Å². The highest BCUT2D eigenvalue weighted by molar-refractivity contribution is 7.71. The summed E-state index contributed by atoms with van der Waals surface area (Å²) in [5.74, 6) is -1.02. The number of aromatic nitrogens is 2. The van der Waals surface area contributed by atoms with Crippen LogP contribution < -0.4 is 0 Å². The normalized spacial score (nSPS) is 10.5. The van der Waals surface area contributed by atoms with Gasteiger partial charge in [0.25, 0.3) is 0 Å². The van der Waals surface area contributed by atoms with Crippen LogP contribution >= 0.6 is 12.2 Å². The van der Waals surface area contributed by atoms with E-state index >= 15 is 0 Å². The molecule has 0 saturated heterocycles. The van der Waals surface area contributed by atoms with Gasteiger partial charge in [-0.2, -0.15) is 0 Å². The number of benzene rings is 1. The minimum Gasteiger partial charge on any atom is -0.477 e. The Morgan fingerprint density at radius 3 is 2.65 bits per heavy atom. The number of aromatic amines is 2. The van der Waals surface area contributed by atoms with Crippen molar-refractivity contribution in [3.05, 3.63) is 39.8 Å². The zero-order valence-electron chi connectivity index (χ0n) is 9.50. The molecule has 0 spiro atoms. The Hall–Kier alpha value is -1.88. The van der Waals surface area contributed by atoms with Crippen LogP contribution in [0, 0.1) is 18.6 Å². The summed E-state index contributed by atoms with van der Waals surface area (Å²) >= 11 is 4.94. The van der Waals surface area contributed by atoms with Crippen LogP contribution in [0.25, 0.3) is 11.3 Å². The Kier molecular flexibility index (Phi) is 2.85. The first kappa shape index (κ1) is 11.6. The number of carbonyl (C=O) groups is 1. The van der Waals surface area contributed by atoms with Gasteiger partial charge < -0.3 is 15.1 Å². The van der Waals surface area contributed by atoms with Crippen molar-refractivity contribution in [3.63, 3.8) is 0 Å². The first-order chi connectivity index (χ1) is 7.99. The number of hydrogen-bond acceptors (Lipinski definition) is 2. The van der Waals surface area contributed by atoms with Crippen LogP contribution in [-0.2, 0) is 0 Å². The number of aromatic carboxylic acids is 1. The maximum Gasteiger partial charge on any atom is 0.354 e. The summed E-state index contributed by atoms with van der Waals surface area (Å²) in [4.78, 5) is 16.6. The molecule has 0 radical (unpaired) electrons. The standard InChI is InChI=1S/C12H12N2O2S/c1-6-3-4-7(2)8(5-6)9-10(11(15)16)14-12(17)13-9/h3-5H,1-2H3,(H,15,16)(H2,13,14,17). The van der Waals surface area contributed by atoms with Gasteiger partial charge in [0.1, 0.15) is 0 Å². The Morgan fingerprint density at radius 2 is 2.00 bits per heavy atom. The predicted octanol–water partition coefficient (Wildman–Crippen LogP) is 3.05. The summed E-state index contributed by atoms with van der Waals surface area (Å²) in [6.45, 7) is 3.90. The number of hydrogen-bond donors (Lipinski definition) is 3. The van der Waals surface area contributed by atoms with E-state index in [4.69, 9.17) is 17.3 Å². The van der Waals surface area contributed by atoms with E-state index in [0.29, 0.717) is 10.5 Å². The number of carboxylic acid groups (broad SMARTS) is 1. The molecular formula is C12H12N2O2S. The smallest absolute Gasteiger partial charge is 0.354 e. The number of nitrogens with one attached hydrogen (secondary N) is 2. The van der Waals surface area contributed by atoms with Crippen molar-refractivity contribution < 1.29 is 9.90 Å². The largest absolute Gasteiger partial charge is 0.477 e. The highest BCUT2D eigenvalue weighted by atomic mass is 32.1. The molecule has 0 atom stereocenters. The highest BCUT2D eigenvalue weighted by Crippen LogP contribution is 2.25. The Morgan fingerprint density at radius 1 is 1.29 bits per heavy atom. The van der Waals surface area contributed by atoms with Crippen molar-refractivity contribution in [2.45, 2.75) is 13.8 Å². The van der Waals surface area contributed by atoms with Crippen molar-refractivity contribution >= 4 is 18.2 Å². The molecule has 1 heterocycles. The van der Waals surface area contributed by atoms with Crippen molar-refractivity contribution in [2.24, 2.45) is 0 Å². The fourth-order valence-corrected chi connectivity index (χ4v) is 1.96. The molecule has 1 aromatic carbocycles. The van der Waals surface area contributed by atoms with Gasteiger partial charge in [-0.15, -0.1) is 0 Å². The van der Waals surface area contributed by atoms with Crippen LogP contribution in [0.1, 0.15) is 21.6 Å². The van der Waals surface area contributed by atoms with Gasteiger partial charge in [0, 0.05) is 5.56 Å². The second-order valence-electron chi connectivity index (χ2n) is 3.95. The quantitative estimate of drug-likeness (QED) is 0.715. The van der Waals surface area contributed by atoms with Crippen LogP contribution in [0.5, 0.6) is 0 Å². The molecule has 2 aromatic rings. The van der Waals surface area contributed by atoms with Crippen LogP contribution in [0.4, 0.5) is 0 Å². The lowest BCUT2D eigenvalue weighted by Crippen LogP contribution is -2.00. The number of carboxylic acids is 1. The number of rotatable bonds is 2. The molecule has 0 aliphatic carbocycles. The Balaban J connectivity index is 2.72. The summed E-state index contributed by atoms with van der Waals surface area (Å²) < 4.78 is 0.318. The molecule has 2 rings (SSSR count). The predicted molar refractivity (Wildman–Crippen MR) is 67.8 cm³/mol. The molecule has 0 aliphatic heterocycles. The first-order valence-electron chi connectivity index (χ1n) is 5.12. The van der Waals surface area contributed by atoms with Crippen molar-refractivity contribution in [3.8, 4) is 11.3 Å². The molecule has 17 heavy (non-hydrogen) atoms. The fraction of sp³-hybridized carbons (Fsp3) is 0.167. The zero-order valence-corrected chi connectivity index (χ0v) is 10.3. The van der Waals surface area contributed by atoms with Gasteiger partial charge in [0.15, 0.2) is 10.5 Å². The summed E-state index contributed by atoms with van der Waals surface area (Å²) in [6.07, 6.45) is 0. The van der Waals surface area contributed by atoms with Crippen molar-refractivity contribution in [1.29, 1.82) is 0 Å². The molecule has 4 nitrogen and oxygen atoms in total. The minimum atomic E-state index is -1.02. The van der Waals surface area contributed by atoms with Gasteiger partial charge in [-0.05, 0) is 37.7 Å².